The van der Waals surface area contributed by atoms with Gasteiger partial charge in [0.1, 0.15) is 0 Å². The van der Waals surface area contributed by atoms with E-state index in [9.17, 15) is 0 Å². The molecule has 0 aromatic carbocycles. The van der Waals surface area contributed by atoms with E-state index in [0.717, 1.165) is 5.52 Å². The lowest BCUT2D eigenvalue weighted by atomic mass is 9.85. The summed E-state index contributed by atoms with van der Waals surface area (Å²) >= 11 is 1.82. The Morgan fingerprint density at radius 1 is 1.15 bits per heavy atom. The van der Waals surface area contributed by atoms with Crippen LogP contribution in [0.4, 0.5) is 5.69 Å². The van der Waals surface area contributed by atoms with Gasteiger partial charge in [-0.05, 0) is 56.8 Å². The molecular weight excluding hydrogens is 266 g/mol. The Bertz CT molecular complexity index is 613. The van der Waals surface area contributed by atoms with Crippen LogP contribution in [-0.2, 0) is 0 Å². The van der Waals surface area contributed by atoms with Gasteiger partial charge in [0, 0.05) is 24.8 Å². The summed E-state index contributed by atoms with van der Waals surface area (Å²) in [4.78, 5) is 9.63. The molecule has 0 aliphatic carbocycles. The summed E-state index contributed by atoms with van der Waals surface area (Å²) in [5.74, 6) is 0. The minimum absolute atomic E-state index is 0.498. The molecule has 0 N–H and O–H groups in total. The first kappa shape index (κ1) is 12.6. The van der Waals surface area contributed by atoms with Crippen LogP contribution in [0.2, 0.25) is 0 Å². The van der Waals surface area contributed by atoms with E-state index >= 15 is 0 Å². The van der Waals surface area contributed by atoms with Crippen LogP contribution in [0.5, 0.6) is 0 Å². The molecule has 2 aliphatic heterocycles. The molecule has 2 saturated heterocycles. The van der Waals surface area contributed by atoms with Gasteiger partial charge in [-0.25, -0.2) is 0 Å². The summed E-state index contributed by atoms with van der Waals surface area (Å²) < 4.78 is 1.35. The average molecular weight is 287 g/mol. The summed E-state index contributed by atoms with van der Waals surface area (Å²) in [5, 5.41) is 2.15. The van der Waals surface area contributed by atoms with Crippen LogP contribution in [0, 0.1) is 0 Å². The van der Waals surface area contributed by atoms with Crippen LogP contribution >= 0.6 is 11.3 Å². The standard InChI is InChI=1S/C16H21N3S/c1-18-9-2-5-16(18)6-10-19(11-7-16)14-3-8-17-13-4-12-20-15(13)14/h3-4,8,12H,2,5-7,9-11H2,1H3. The zero-order chi connectivity index (χ0) is 13.6. The number of pyridine rings is 1. The van der Waals surface area contributed by atoms with Crippen molar-refractivity contribution in [3.05, 3.63) is 23.7 Å². The molecule has 0 saturated carbocycles. The zero-order valence-electron chi connectivity index (χ0n) is 12.0. The Balaban J connectivity index is 1.59. The molecule has 2 aromatic heterocycles. The highest BCUT2D eigenvalue weighted by molar-refractivity contribution is 7.17. The van der Waals surface area contributed by atoms with Gasteiger partial charge in [0.2, 0.25) is 0 Å². The van der Waals surface area contributed by atoms with Crippen LogP contribution in [-0.4, -0.2) is 42.1 Å². The van der Waals surface area contributed by atoms with Crippen LogP contribution in [0.1, 0.15) is 25.7 Å². The van der Waals surface area contributed by atoms with Crippen LogP contribution < -0.4 is 4.90 Å². The summed E-state index contributed by atoms with van der Waals surface area (Å²) in [6, 6.07) is 4.31. The molecule has 0 bridgehead atoms. The molecule has 1 spiro atoms. The van der Waals surface area contributed by atoms with Gasteiger partial charge in [0.15, 0.2) is 0 Å². The second kappa shape index (κ2) is 4.71. The summed E-state index contributed by atoms with van der Waals surface area (Å²) in [5.41, 5.74) is 3.03. The van der Waals surface area contributed by atoms with Crippen molar-refractivity contribution in [2.45, 2.75) is 31.2 Å². The lowest BCUT2D eigenvalue weighted by Crippen LogP contribution is -2.50. The number of hydrogen-bond acceptors (Lipinski definition) is 4. The molecule has 2 fully saturated rings. The molecule has 2 aromatic rings. The maximum absolute atomic E-state index is 4.46. The number of likely N-dealkylation sites (tertiary alicyclic amines) is 1. The molecule has 0 unspecified atom stereocenters. The van der Waals surface area contributed by atoms with Crippen molar-refractivity contribution in [2.75, 3.05) is 31.6 Å². The minimum atomic E-state index is 0.498. The van der Waals surface area contributed by atoms with Crippen LogP contribution in [0.25, 0.3) is 10.2 Å². The van der Waals surface area contributed by atoms with Crippen molar-refractivity contribution in [3.63, 3.8) is 0 Å². The summed E-state index contributed by atoms with van der Waals surface area (Å²) in [6.45, 7) is 3.65. The van der Waals surface area contributed by atoms with Crippen molar-refractivity contribution in [1.82, 2.24) is 9.88 Å². The first-order valence-corrected chi connectivity index (χ1v) is 8.45. The molecule has 4 heterocycles. The van der Waals surface area contributed by atoms with E-state index in [-0.39, 0.29) is 0 Å². The third kappa shape index (κ3) is 1.85. The van der Waals surface area contributed by atoms with Crippen molar-refractivity contribution < 1.29 is 0 Å². The topological polar surface area (TPSA) is 19.4 Å². The van der Waals surface area contributed by atoms with E-state index in [0.29, 0.717) is 5.54 Å². The Morgan fingerprint density at radius 3 is 2.75 bits per heavy atom. The number of piperidine rings is 1. The fraction of sp³-hybridized carbons (Fsp3) is 0.562. The molecule has 106 valence electrons. The third-order valence-electron chi connectivity index (χ3n) is 5.30. The Morgan fingerprint density at radius 2 is 2.00 bits per heavy atom. The second-order valence-electron chi connectivity index (χ2n) is 6.20. The van der Waals surface area contributed by atoms with Gasteiger partial charge in [-0.1, -0.05) is 0 Å². The predicted octanol–water partition coefficient (Wildman–Crippen LogP) is 3.36. The second-order valence-corrected chi connectivity index (χ2v) is 7.12. The number of thiophene rings is 1. The van der Waals surface area contributed by atoms with E-state index in [4.69, 9.17) is 0 Å². The van der Waals surface area contributed by atoms with E-state index in [2.05, 4.69) is 39.3 Å². The molecular formula is C16H21N3S. The number of fused-ring (bicyclic) bond motifs is 1. The monoisotopic (exact) mass is 287 g/mol. The van der Waals surface area contributed by atoms with Crippen LogP contribution in [0.15, 0.2) is 23.7 Å². The highest BCUT2D eigenvalue weighted by Crippen LogP contribution is 2.39. The highest BCUT2D eigenvalue weighted by Gasteiger charge is 2.41. The molecule has 0 radical (unpaired) electrons. The lowest BCUT2D eigenvalue weighted by Gasteiger charge is -2.44. The van der Waals surface area contributed by atoms with E-state index in [1.54, 1.807) is 0 Å². The number of rotatable bonds is 1. The largest absolute Gasteiger partial charge is 0.370 e. The van der Waals surface area contributed by atoms with Gasteiger partial charge < -0.3 is 9.80 Å². The van der Waals surface area contributed by atoms with Crippen molar-refractivity contribution >= 4 is 27.2 Å². The quantitative estimate of drug-likeness (QED) is 0.802. The van der Waals surface area contributed by atoms with E-state index < -0.39 is 0 Å². The smallest absolute Gasteiger partial charge is 0.0830 e. The minimum Gasteiger partial charge on any atom is -0.370 e. The Kier molecular flexibility index (Phi) is 2.97. The first-order chi connectivity index (χ1) is 9.78. The molecule has 0 amide bonds. The van der Waals surface area contributed by atoms with E-state index in [1.165, 1.54) is 55.7 Å². The van der Waals surface area contributed by atoms with E-state index in [1.807, 2.05) is 17.5 Å². The summed E-state index contributed by atoms with van der Waals surface area (Å²) in [7, 11) is 2.31. The van der Waals surface area contributed by atoms with Gasteiger partial charge in [0.05, 0.1) is 15.9 Å². The molecule has 2 aliphatic rings. The molecule has 4 heteroatoms. The highest BCUT2D eigenvalue weighted by atomic mass is 32.1. The van der Waals surface area contributed by atoms with Crippen LogP contribution in [0.3, 0.4) is 0 Å². The van der Waals surface area contributed by atoms with Gasteiger partial charge in [-0.2, -0.15) is 0 Å². The van der Waals surface area contributed by atoms with Gasteiger partial charge in [-0.15, -0.1) is 11.3 Å². The van der Waals surface area contributed by atoms with Crippen molar-refractivity contribution in [2.24, 2.45) is 0 Å². The average Bonchev–Trinajstić information content (AvgIpc) is 3.08. The van der Waals surface area contributed by atoms with Crippen molar-refractivity contribution in [1.29, 1.82) is 0 Å². The number of aromatic nitrogens is 1. The fourth-order valence-corrected chi connectivity index (χ4v) is 4.87. The SMILES string of the molecule is CN1CCCC12CCN(c1ccnc3ccsc13)CC2. The number of nitrogens with zero attached hydrogens (tertiary/aromatic N) is 3. The Labute approximate surface area is 124 Å². The lowest BCUT2D eigenvalue weighted by molar-refractivity contribution is 0.137. The van der Waals surface area contributed by atoms with Gasteiger partial charge in [0.25, 0.3) is 0 Å². The maximum Gasteiger partial charge on any atom is 0.0830 e. The van der Waals surface area contributed by atoms with Gasteiger partial charge in [-0.3, -0.25) is 4.98 Å². The summed E-state index contributed by atoms with van der Waals surface area (Å²) in [6.07, 6.45) is 7.33. The molecule has 0 atom stereocenters. The van der Waals surface area contributed by atoms with Crippen molar-refractivity contribution in [3.8, 4) is 0 Å². The number of anilines is 1. The molecule has 3 nitrogen and oxygen atoms in total. The first-order valence-electron chi connectivity index (χ1n) is 7.57. The van der Waals surface area contributed by atoms with Gasteiger partial charge >= 0.3 is 0 Å². The fourth-order valence-electron chi connectivity index (χ4n) is 3.98. The predicted molar refractivity (Wildman–Crippen MR) is 85.7 cm³/mol. The zero-order valence-corrected chi connectivity index (χ0v) is 12.8. The third-order valence-corrected chi connectivity index (χ3v) is 6.23. The maximum atomic E-state index is 4.46. The normalized spacial score (nSPS) is 22.9. The Hall–Kier alpha value is -1.13. The number of hydrogen-bond donors (Lipinski definition) is 0. The molecule has 20 heavy (non-hydrogen) atoms. The molecule has 4 rings (SSSR count).